The molecule has 1 saturated carbocycles. The van der Waals surface area contributed by atoms with Gasteiger partial charge >= 0.3 is 0 Å². The summed E-state index contributed by atoms with van der Waals surface area (Å²) < 4.78 is 5.97. The number of nitrogens with zero attached hydrogens (tertiary/aromatic N) is 1. The van der Waals surface area contributed by atoms with Crippen LogP contribution in [0.2, 0.25) is 0 Å². The molecule has 1 N–H and O–H groups in total. The van der Waals surface area contributed by atoms with Gasteiger partial charge in [-0.2, -0.15) is 0 Å². The third-order valence-electron chi connectivity index (χ3n) is 4.09. The van der Waals surface area contributed by atoms with E-state index in [1.165, 1.54) is 24.2 Å². The fourth-order valence-corrected chi connectivity index (χ4v) is 2.83. The Morgan fingerprint density at radius 2 is 1.84 bits per heavy atom. The quantitative estimate of drug-likeness (QED) is 0.930. The van der Waals surface area contributed by atoms with Gasteiger partial charge in [-0.25, -0.2) is 0 Å². The summed E-state index contributed by atoms with van der Waals surface area (Å²) >= 11 is 0. The molecule has 3 nitrogen and oxygen atoms in total. The van der Waals surface area contributed by atoms with Crippen LogP contribution in [-0.4, -0.2) is 31.1 Å². The lowest BCUT2D eigenvalue weighted by Crippen LogP contribution is -2.45. The molecule has 0 aromatic carbocycles. The highest BCUT2D eigenvalue weighted by molar-refractivity contribution is 5.85. The van der Waals surface area contributed by atoms with Gasteiger partial charge in [0.1, 0.15) is 11.5 Å². The van der Waals surface area contributed by atoms with Crippen molar-refractivity contribution in [2.24, 2.45) is 5.92 Å². The largest absolute Gasteiger partial charge is 0.464 e. The Labute approximate surface area is 127 Å². The number of aryl methyl sites for hydroxylation is 2. The van der Waals surface area contributed by atoms with E-state index in [1.807, 2.05) is 0 Å². The van der Waals surface area contributed by atoms with Crippen LogP contribution in [-0.2, 0) is 0 Å². The maximum atomic E-state index is 5.97. The van der Waals surface area contributed by atoms with Crippen LogP contribution in [0.4, 0.5) is 0 Å². The Morgan fingerprint density at radius 3 is 2.32 bits per heavy atom. The molecule has 1 aliphatic heterocycles. The highest BCUT2D eigenvalue weighted by atomic mass is 35.5. The van der Waals surface area contributed by atoms with E-state index in [-0.39, 0.29) is 24.8 Å². The normalized spacial score (nSPS) is 21.4. The molecule has 0 amide bonds. The van der Waals surface area contributed by atoms with Gasteiger partial charge in [0.25, 0.3) is 0 Å². The number of nitrogens with one attached hydrogen (secondary N) is 1. The topological polar surface area (TPSA) is 28.4 Å². The molecule has 110 valence electrons. The van der Waals surface area contributed by atoms with Gasteiger partial charge in [0.2, 0.25) is 0 Å². The Kier molecular flexibility index (Phi) is 6.18. The maximum Gasteiger partial charge on any atom is 0.121 e. The van der Waals surface area contributed by atoms with E-state index in [2.05, 4.69) is 30.1 Å². The molecule has 0 radical (unpaired) electrons. The lowest BCUT2D eigenvalue weighted by atomic mass is 10.1. The highest BCUT2D eigenvalue weighted by Gasteiger charge is 2.38. The summed E-state index contributed by atoms with van der Waals surface area (Å²) in [5, 5.41) is 3.42. The summed E-state index contributed by atoms with van der Waals surface area (Å²) in [4.78, 5) is 2.60. The molecule has 1 saturated heterocycles. The van der Waals surface area contributed by atoms with Crippen molar-refractivity contribution in [2.75, 3.05) is 26.2 Å². The lowest BCUT2D eigenvalue weighted by molar-refractivity contribution is 0.136. The zero-order valence-corrected chi connectivity index (χ0v) is 13.3. The summed E-state index contributed by atoms with van der Waals surface area (Å²) in [5.41, 5.74) is 1.29. The first-order chi connectivity index (χ1) is 8.25. The predicted molar refractivity (Wildman–Crippen MR) is 82.6 cm³/mol. The Balaban J connectivity index is 0.000000902. The Bertz CT molecular complexity index is 379. The lowest BCUT2D eigenvalue weighted by Gasteiger charge is -2.34. The van der Waals surface area contributed by atoms with Crippen LogP contribution in [0.25, 0.3) is 0 Å². The van der Waals surface area contributed by atoms with E-state index in [0.29, 0.717) is 6.04 Å². The fraction of sp³-hybridized carbons (Fsp3) is 0.714. The summed E-state index contributed by atoms with van der Waals surface area (Å²) in [5.74, 6) is 3.11. The molecule has 3 rings (SSSR count). The number of piperazine rings is 1. The molecule has 1 atom stereocenters. The number of hydrogen-bond donors (Lipinski definition) is 1. The van der Waals surface area contributed by atoms with E-state index in [1.54, 1.807) is 0 Å². The molecule has 2 heterocycles. The molecule has 5 heteroatoms. The predicted octanol–water partition coefficient (Wildman–Crippen LogP) is 3.10. The average molecular weight is 307 g/mol. The number of rotatable bonds is 3. The van der Waals surface area contributed by atoms with Gasteiger partial charge in [-0.3, -0.25) is 4.90 Å². The fourth-order valence-electron chi connectivity index (χ4n) is 2.83. The molecule has 2 fully saturated rings. The Morgan fingerprint density at radius 1 is 1.21 bits per heavy atom. The minimum Gasteiger partial charge on any atom is -0.464 e. The molecule has 1 aromatic heterocycles. The maximum absolute atomic E-state index is 5.97. The number of furan rings is 1. The van der Waals surface area contributed by atoms with Gasteiger partial charge < -0.3 is 9.73 Å². The molecule has 0 unspecified atom stereocenters. The van der Waals surface area contributed by atoms with Crippen LogP contribution in [0.15, 0.2) is 10.5 Å². The van der Waals surface area contributed by atoms with Crippen molar-refractivity contribution in [2.45, 2.75) is 32.7 Å². The first-order valence-electron chi connectivity index (χ1n) is 6.77. The molecule has 2 aliphatic rings. The van der Waals surface area contributed by atoms with Gasteiger partial charge in [0.15, 0.2) is 0 Å². The SMILES string of the molecule is Cc1cc([C@@H](C2CC2)N2CCNCC2)oc1C.Cl.Cl. The van der Waals surface area contributed by atoms with Crippen LogP contribution in [0.5, 0.6) is 0 Å². The molecule has 0 bridgehead atoms. The van der Waals surface area contributed by atoms with Crippen LogP contribution in [0.3, 0.4) is 0 Å². The van der Waals surface area contributed by atoms with Crippen molar-refractivity contribution in [3.63, 3.8) is 0 Å². The molecular weight excluding hydrogens is 283 g/mol. The first kappa shape index (κ1) is 16.8. The van der Waals surface area contributed by atoms with Gasteiger partial charge in [-0.05, 0) is 44.2 Å². The first-order valence-corrected chi connectivity index (χ1v) is 6.77. The van der Waals surface area contributed by atoms with Crippen LogP contribution >= 0.6 is 24.8 Å². The van der Waals surface area contributed by atoms with Crippen molar-refractivity contribution in [3.8, 4) is 0 Å². The standard InChI is InChI=1S/C14H22N2O.2ClH/c1-10-9-13(17-11(10)2)14(12-3-4-12)16-7-5-15-6-8-16;;/h9,12,14-15H,3-8H2,1-2H3;2*1H/t14-;;/m1../s1. The van der Waals surface area contributed by atoms with Gasteiger partial charge in [0, 0.05) is 26.2 Å². The van der Waals surface area contributed by atoms with E-state index in [0.717, 1.165) is 37.9 Å². The van der Waals surface area contributed by atoms with Crippen molar-refractivity contribution >= 4 is 24.8 Å². The molecular formula is C14H24Cl2N2O. The third-order valence-corrected chi connectivity index (χ3v) is 4.09. The van der Waals surface area contributed by atoms with Crippen molar-refractivity contribution in [1.29, 1.82) is 0 Å². The van der Waals surface area contributed by atoms with E-state index in [4.69, 9.17) is 4.42 Å². The molecule has 0 spiro atoms. The zero-order chi connectivity index (χ0) is 11.8. The number of hydrogen-bond acceptors (Lipinski definition) is 3. The minimum atomic E-state index is 0. The van der Waals surface area contributed by atoms with Crippen LogP contribution < -0.4 is 5.32 Å². The van der Waals surface area contributed by atoms with E-state index in [9.17, 15) is 0 Å². The van der Waals surface area contributed by atoms with Crippen LogP contribution in [0, 0.1) is 19.8 Å². The Hall–Kier alpha value is -0.220. The van der Waals surface area contributed by atoms with Crippen molar-refractivity contribution in [1.82, 2.24) is 10.2 Å². The second kappa shape index (κ2) is 6.98. The summed E-state index contributed by atoms with van der Waals surface area (Å²) in [6, 6.07) is 2.78. The molecule has 19 heavy (non-hydrogen) atoms. The second-order valence-corrected chi connectivity index (χ2v) is 5.46. The van der Waals surface area contributed by atoms with Gasteiger partial charge in [-0.1, -0.05) is 0 Å². The monoisotopic (exact) mass is 306 g/mol. The number of halogens is 2. The highest BCUT2D eigenvalue weighted by Crippen LogP contribution is 2.45. The van der Waals surface area contributed by atoms with E-state index >= 15 is 0 Å². The smallest absolute Gasteiger partial charge is 0.121 e. The summed E-state index contributed by atoms with van der Waals surface area (Å²) in [7, 11) is 0. The van der Waals surface area contributed by atoms with Crippen molar-refractivity contribution in [3.05, 3.63) is 23.2 Å². The van der Waals surface area contributed by atoms with Crippen LogP contribution in [0.1, 0.15) is 36.0 Å². The summed E-state index contributed by atoms with van der Waals surface area (Å²) in [6.45, 7) is 8.74. The van der Waals surface area contributed by atoms with E-state index < -0.39 is 0 Å². The molecule has 1 aliphatic carbocycles. The van der Waals surface area contributed by atoms with Gasteiger partial charge in [0.05, 0.1) is 6.04 Å². The zero-order valence-electron chi connectivity index (χ0n) is 11.6. The third kappa shape index (κ3) is 3.66. The average Bonchev–Trinajstić information content (AvgIpc) is 3.09. The summed E-state index contributed by atoms with van der Waals surface area (Å²) in [6.07, 6.45) is 2.74. The van der Waals surface area contributed by atoms with Crippen molar-refractivity contribution < 1.29 is 4.42 Å². The second-order valence-electron chi connectivity index (χ2n) is 5.46. The minimum absolute atomic E-state index is 0. The molecule has 1 aromatic rings. The van der Waals surface area contributed by atoms with Gasteiger partial charge in [-0.15, -0.1) is 24.8 Å².